The molecular formula is C13H16ClN3OS. The first-order valence-electron chi connectivity index (χ1n) is 5.93. The molecule has 0 saturated carbocycles. The molecule has 102 valence electrons. The lowest BCUT2D eigenvalue weighted by Crippen LogP contribution is -2.28. The number of hydrogen-bond donors (Lipinski definition) is 1. The molecule has 0 aliphatic rings. The molecule has 4 nitrogen and oxygen atoms in total. The van der Waals surface area contributed by atoms with E-state index in [-0.39, 0.29) is 5.41 Å². The van der Waals surface area contributed by atoms with Crippen LogP contribution in [0.1, 0.15) is 25.6 Å². The second kappa shape index (κ2) is 5.94. The number of benzene rings is 1. The van der Waals surface area contributed by atoms with Crippen molar-refractivity contribution in [2.45, 2.75) is 29.9 Å². The molecule has 0 fully saturated rings. The quantitative estimate of drug-likeness (QED) is 0.858. The van der Waals surface area contributed by atoms with Crippen LogP contribution in [-0.4, -0.2) is 16.7 Å². The lowest BCUT2D eigenvalue weighted by Gasteiger charge is -2.15. The maximum Gasteiger partial charge on any atom is 0.233 e. The van der Waals surface area contributed by atoms with E-state index in [0.717, 1.165) is 9.92 Å². The number of aromatic nitrogens is 2. The summed E-state index contributed by atoms with van der Waals surface area (Å²) in [5.74, 6) is 1.92. The van der Waals surface area contributed by atoms with Gasteiger partial charge in [0.15, 0.2) is 5.82 Å². The minimum Gasteiger partial charge on any atom is -0.339 e. The topological polar surface area (TPSA) is 64.9 Å². The Balaban J connectivity index is 1.99. The normalized spacial score (nSPS) is 11.8. The van der Waals surface area contributed by atoms with Gasteiger partial charge in [-0.15, -0.1) is 11.8 Å². The third-order valence-electron chi connectivity index (χ3n) is 2.74. The minimum atomic E-state index is -0.282. The summed E-state index contributed by atoms with van der Waals surface area (Å²) >= 11 is 7.48. The summed E-state index contributed by atoms with van der Waals surface area (Å²) in [5, 5.41) is 4.71. The van der Waals surface area contributed by atoms with E-state index in [4.69, 9.17) is 21.9 Å². The zero-order valence-corrected chi connectivity index (χ0v) is 12.5. The SMILES string of the molecule is CC(C)(CN)c1nc(CSc2ccc(Cl)cc2)no1. The Bertz CT molecular complexity index is 539. The van der Waals surface area contributed by atoms with Crippen LogP contribution in [0, 0.1) is 0 Å². The van der Waals surface area contributed by atoms with Gasteiger partial charge in [0.25, 0.3) is 0 Å². The van der Waals surface area contributed by atoms with E-state index in [1.54, 1.807) is 11.8 Å². The monoisotopic (exact) mass is 297 g/mol. The average molecular weight is 298 g/mol. The van der Waals surface area contributed by atoms with Crippen LogP contribution in [0.5, 0.6) is 0 Å². The predicted molar refractivity (Wildman–Crippen MR) is 77.4 cm³/mol. The summed E-state index contributed by atoms with van der Waals surface area (Å²) in [6.45, 7) is 4.44. The van der Waals surface area contributed by atoms with Crippen LogP contribution in [0.15, 0.2) is 33.7 Å². The van der Waals surface area contributed by atoms with Crippen molar-refractivity contribution in [2.24, 2.45) is 5.73 Å². The van der Waals surface area contributed by atoms with Crippen molar-refractivity contribution in [2.75, 3.05) is 6.54 Å². The van der Waals surface area contributed by atoms with Gasteiger partial charge in [-0.3, -0.25) is 0 Å². The molecule has 19 heavy (non-hydrogen) atoms. The third-order valence-corrected chi connectivity index (χ3v) is 4.00. The maximum absolute atomic E-state index is 5.84. The molecule has 0 spiro atoms. The zero-order chi connectivity index (χ0) is 13.9. The Morgan fingerprint density at radius 2 is 2.00 bits per heavy atom. The summed E-state index contributed by atoms with van der Waals surface area (Å²) in [6, 6.07) is 7.67. The summed E-state index contributed by atoms with van der Waals surface area (Å²) in [6.07, 6.45) is 0. The van der Waals surface area contributed by atoms with E-state index in [1.165, 1.54) is 0 Å². The van der Waals surface area contributed by atoms with Crippen LogP contribution < -0.4 is 5.73 Å². The van der Waals surface area contributed by atoms with Gasteiger partial charge in [0.1, 0.15) is 0 Å². The summed E-state index contributed by atoms with van der Waals surface area (Å²) < 4.78 is 5.25. The van der Waals surface area contributed by atoms with Crippen molar-refractivity contribution in [1.29, 1.82) is 0 Å². The first kappa shape index (κ1) is 14.4. The van der Waals surface area contributed by atoms with Gasteiger partial charge in [0.05, 0.1) is 11.2 Å². The molecule has 0 aliphatic carbocycles. The number of hydrogen-bond acceptors (Lipinski definition) is 5. The van der Waals surface area contributed by atoms with Crippen LogP contribution in [0.3, 0.4) is 0 Å². The van der Waals surface area contributed by atoms with Gasteiger partial charge in [-0.2, -0.15) is 4.98 Å². The molecule has 0 radical (unpaired) electrons. The Morgan fingerprint density at radius 1 is 1.32 bits per heavy atom. The Labute approximate surface area is 121 Å². The first-order valence-corrected chi connectivity index (χ1v) is 7.29. The van der Waals surface area contributed by atoms with Crippen LogP contribution in [0.25, 0.3) is 0 Å². The fourth-order valence-electron chi connectivity index (χ4n) is 1.35. The second-order valence-electron chi connectivity index (χ2n) is 4.85. The van der Waals surface area contributed by atoms with Gasteiger partial charge in [-0.1, -0.05) is 16.8 Å². The standard InChI is InChI=1S/C13H16ClN3OS/c1-13(2,8-15)12-16-11(17-18-12)7-19-10-5-3-9(14)4-6-10/h3-6H,7-8,15H2,1-2H3. The maximum atomic E-state index is 5.84. The molecule has 0 aliphatic heterocycles. The lowest BCUT2D eigenvalue weighted by molar-refractivity contribution is 0.309. The van der Waals surface area contributed by atoms with Gasteiger partial charge < -0.3 is 10.3 Å². The molecule has 1 aromatic heterocycles. The van der Waals surface area contributed by atoms with Gasteiger partial charge in [0, 0.05) is 16.5 Å². The fraction of sp³-hybridized carbons (Fsp3) is 0.385. The highest BCUT2D eigenvalue weighted by atomic mass is 35.5. The van der Waals surface area contributed by atoms with Crippen LogP contribution in [0.2, 0.25) is 5.02 Å². The van der Waals surface area contributed by atoms with E-state index in [2.05, 4.69) is 10.1 Å². The van der Waals surface area contributed by atoms with Crippen molar-refractivity contribution >= 4 is 23.4 Å². The van der Waals surface area contributed by atoms with E-state index >= 15 is 0 Å². The van der Waals surface area contributed by atoms with Crippen LogP contribution in [0.4, 0.5) is 0 Å². The van der Waals surface area contributed by atoms with Gasteiger partial charge in [-0.25, -0.2) is 0 Å². The molecule has 6 heteroatoms. The Morgan fingerprint density at radius 3 is 2.63 bits per heavy atom. The molecule has 0 saturated heterocycles. The second-order valence-corrected chi connectivity index (χ2v) is 6.33. The summed E-state index contributed by atoms with van der Waals surface area (Å²) in [5.41, 5.74) is 5.40. The van der Waals surface area contributed by atoms with E-state index in [0.29, 0.717) is 24.0 Å². The molecule has 1 aromatic carbocycles. The highest BCUT2D eigenvalue weighted by molar-refractivity contribution is 7.98. The van der Waals surface area contributed by atoms with Gasteiger partial charge in [-0.05, 0) is 38.1 Å². The molecule has 2 rings (SSSR count). The summed E-state index contributed by atoms with van der Waals surface area (Å²) in [4.78, 5) is 5.50. The van der Waals surface area contributed by atoms with Gasteiger partial charge in [0.2, 0.25) is 5.89 Å². The third kappa shape index (κ3) is 3.72. The van der Waals surface area contributed by atoms with E-state index in [1.807, 2.05) is 38.1 Å². The van der Waals surface area contributed by atoms with Crippen molar-refractivity contribution in [3.05, 3.63) is 41.0 Å². The molecule has 2 aromatic rings. The molecule has 1 heterocycles. The minimum absolute atomic E-state index is 0.282. The number of rotatable bonds is 5. The smallest absolute Gasteiger partial charge is 0.233 e. The van der Waals surface area contributed by atoms with E-state index in [9.17, 15) is 0 Å². The molecule has 2 N–H and O–H groups in total. The van der Waals surface area contributed by atoms with Crippen molar-refractivity contribution in [1.82, 2.24) is 10.1 Å². The fourth-order valence-corrected chi connectivity index (χ4v) is 2.22. The van der Waals surface area contributed by atoms with Crippen LogP contribution >= 0.6 is 23.4 Å². The van der Waals surface area contributed by atoms with Gasteiger partial charge >= 0.3 is 0 Å². The molecular weight excluding hydrogens is 282 g/mol. The largest absolute Gasteiger partial charge is 0.339 e. The number of nitrogens with zero attached hydrogens (tertiary/aromatic N) is 2. The zero-order valence-electron chi connectivity index (χ0n) is 10.9. The highest BCUT2D eigenvalue weighted by Crippen LogP contribution is 2.25. The Kier molecular flexibility index (Phi) is 4.50. The highest BCUT2D eigenvalue weighted by Gasteiger charge is 2.25. The molecule has 0 bridgehead atoms. The Hall–Kier alpha value is -1.04. The average Bonchev–Trinajstić information content (AvgIpc) is 2.88. The molecule has 0 unspecified atom stereocenters. The number of halogens is 1. The van der Waals surface area contributed by atoms with Crippen molar-refractivity contribution in [3.63, 3.8) is 0 Å². The van der Waals surface area contributed by atoms with Crippen molar-refractivity contribution < 1.29 is 4.52 Å². The predicted octanol–water partition coefficient (Wildman–Crippen LogP) is 3.25. The van der Waals surface area contributed by atoms with E-state index < -0.39 is 0 Å². The lowest BCUT2D eigenvalue weighted by atomic mass is 9.94. The van der Waals surface area contributed by atoms with Crippen molar-refractivity contribution in [3.8, 4) is 0 Å². The van der Waals surface area contributed by atoms with Crippen LogP contribution in [-0.2, 0) is 11.2 Å². The summed E-state index contributed by atoms with van der Waals surface area (Å²) in [7, 11) is 0. The molecule has 0 amide bonds. The number of thioether (sulfide) groups is 1. The first-order chi connectivity index (χ1) is 9.01. The molecule has 0 atom stereocenters. The number of nitrogens with two attached hydrogens (primary N) is 1.